The fraction of sp³-hybridized carbons (Fsp3) is 0.333. The van der Waals surface area contributed by atoms with Gasteiger partial charge < -0.3 is 0 Å². The fourth-order valence-electron chi connectivity index (χ4n) is 1.26. The molecule has 1 aliphatic heterocycles. The van der Waals surface area contributed by atoms with E-state index in [1.54, 1.807) is 6.08 Å². The van der Waals surface area contributed by atoms with E-state index in [2.05, 4.69) is 29.2 Å². The first-order valence-corrected chi connectivity index (χ1v) is 4.75. The largest absolute Gasteiger partial charge is 0.256 e. The minimum Gasteiger partial charge on any atom is -0.256 e. The summed E-state index contributed by atoms with van der Waals surface area (Å²) >= 11 is 0. The highest BCUT2D eigenvalue weighted by atomic mass is 14.8. The topological polar surface area (TPSA) is 24.7 Å². The lowest BCUT2D eigenvalue weighted by molar-refractivity contribution is 1.01. The number of aliphatic imine (C=N–C) groups is 2. The Morgan fingerprint density at radius 2 is 2.36 bits per heavy atom. The van der Waals surface area contributed by atoms with E-state index < -0.39 is 0 Å². The SMILES string of the molecule is C=C/C(C)=N\C(=C)C1=NC(C)=CCC1. The highest BCUT2D eigenvalue weighted by Gasteiger charge is 2.07. The van der Waals surface area contributed by atoms with Crippen LogP contribution in [-0.2, 0) is 0 Å². The maximum atomic E-state index is 4.41. The molecule has 0 aromatic carbocycles. The Hall–Kier alpha value is -1.44. The lowest BCUT2D eigenvalue weighted by atomic mass is 10.1. The molecule has 1 aliphatic rings. The summed E-state index contributed by atoms with van der Waals surface area (Å²) in [6.45, 7) is 11.5. The van der Waals surface area contributed by atoms with Crippen LogP contribution in [0.15, 0.2) is 46.7 Å². The summed E-state index contributed by atoms with van der Waals surface area (Å²) in [5.74, 6) is 0. The molecule has 0 fully saturated rings. The Bertz CT molecular complexity index is 343. The molecule has 1 rings (SSSR count). The van der Waals surface area contributed by atoms with Crippen LogP contribution < -0.4 is 0 Å². The van der Waals surface area contributed by atoms with Gasteiger partial charge in [-0.05, 0) is 32.8 Å². The van der Waals surface area contributed by atoms with Crippen LogP contribution in [0.2, 0.25) is 0 Å². The van der Waals surface area contributed by atoms with E-state index in [-0.39, 0.29) is 0 Å². The summed E-state index contributed by atoms with van der Waals surface area (Å²) in [5, 5.41) is 0. The fourth-order valence-corrected chi connectivity index (χ4v) is 1.26. The summed E-state index contributed by atoms with van der Waals surface area (Å²) in [6, 6.07) is 0. The maximum absolute atomic E-state index is 4.41. The van der Waals surface area contributed by atoms with Crippen LogP contribution in [0.25, 0.3) is 0 Å². The Morgan fingerprint density at radius 1 is 1.64 bits per heavy atom. The van der Waals surface area contributed by atoms with Crippen molar-refractivity contribution in [2.24, 2.45) is 9.98 Å². The lowest BCUT2D eigenvalue weighted by Gasteiger charge is -2.10. The van der Waals surface area contributed by atoms with E-state index in [9.17, 15) is 0 Å². The van der Waals surface area contributed by atoms with Crippen LogP contribution >= 0.6 is 0 Å². The van der Waals surface area contributed by atoms with Crippen molar-refractivity contribution < 1.29 is 0 Å². The first-order chi connectivity index (χ1) is 6.63. The second-order valence-electron chi connectivity index (χ2n) is 3.35. The van der Waals surface area contributed by atoms with Gasteiger partial charge in [-0.15, -0.1) is 0 Å². The molecule has 0 bridgehead atoms. The van der Waals surface area contributed by atoms with Gasteiger partial charge in [0.05, 0.1) is 11.4 Å². The van der Waals surface area contributed by atoms with E-state index in [0.29, 0.717) is 0 Å². The monoisotopic (exact) mass is 188 g/mol. The van der Waals surface area contributed by atoms with Crippen molar-refractivity contribution in [3.8, 4) is 0 Å². The van der Waals surface area contributed by atoms with E-state index in [1.165, 1.54) is 0 Å². The summed E-state index contributed by atoms with van der Waals surface area (Å²) in [6.07, 6.45) is 5.81. The highest BCUT2D eigenvalue weighted by Crippen LogP contribution is 2.15. The van der Waals surface area contributed by atoms with E-state index in [4.69, 9.17) is 0 Å². The van der Waals surface area contributed by atoms with Gasteiger partial charge in [0.25, 0.3) is 0 Å². The number of nitrogens with zero attached hydrogens (tertiary/aromatic N) is 2. The molecule has 2 heteroatoms. The number of hydrogen-bond acceptors (Lipinski definition) is 2. The lowest BCUT2D eigenvalue weighted by Crippen LogP contribution is -2.05. The van der Waals surface area contributed by atoms with Crippen LogP contribution in [-0.4, -0.2) is 11.4 Å². The van der Waals surface area contributed by atoms with Crippen LogP contribution in [0.4, 0.5) is 0 Å². The second kappa shape index (κ2) is 4.70. The molecule has 0 saturated heterocycles. The molecule has 0 aromatic heterocycles. The van der Waals surface area contributed by atoms with Crippen LogP contribution in [0.1, 0.15) is 26.7 Å². The molecule has 0 radical (unpaired) electrons. The molecule has 0 atom stereocenters. The van der Waals surface area contributed by atoms with Crippen molar-refractivity contribution in [2.75, 3.05) is 0 Å². The molecular formula is C12H16N2. The molecule has 0 saturated carbocycles. The molecule has 0 unspecified atom stereocenters. The van der Waals surface area contributed by atoms with Gasteiger partial charge in [-0.2, -0.15) is 0 Å². The zero-order valence-corrected chi connectivity index (χ0v) is 8.88. The molecule has 14 heavy (non-hydrogen) atoms. The average Bonchev–Trinajstić information content (AvgIpc) is 2.17. The first-order valence-electron chi connectivity index (χ1n) is 4.75. The van der Waals surface area contributed by atoms with Crippen molar-refractivity contribution >= 4 is 11.4 Å². The summed E-state index contributed by atoms with van der Waals surface area (Å²) in [7, 11) is 0. The van der Waals surface area contributed by atoms with Gasteiger partial charge in [-0.1, -0.05) is 19.2 Å². The molecule has 0 amide bonds. The Balaban J connectivity index is 2.80. The number of hydrogen-bond donors (Lipinski definition) is 0. The molecular weight excluding hydrogens is 172 g/mol. The predicted octanol–water partition coefficient (Wildman–Crippen LogP) is 3.29. The quantitative estimate of drug-likeness (QED) is 0.607. The predicted molar refractivity (Wildman–Crippen MR) is 62.9 cm³/mol. The van der Waals surface area contributed by atoms with Gasteiger partial charge in [-0.3, -0.25) is 9.98 Å². The van der Waals surface area contributed by atoms with Crippen LogP contribution in [0.3, 0.4) is 0 Å². The van der Waals surface area contributed by atoms with Crippen molar-refractivity contribution in [3.63, 3.8) is 0 Å². The van der Waals surface area contributed by atoms with Gasteiger partial charge in [0.1, 0.15) is 0 Å². The van der Waals surface area contributed by atoms with Gasteiger partial charge >= 0.3 is 0 Å². The number of allylic oxidation sites excluding steroid dienone is 4. The molecule has 74 valence electrons. The first kappa shape index (κ1) is 10.6. The van der Waals surface area contributed by atoms with E-state index in [0.717, 1.165) is 35.7 Å². The van der Waals surface area contributed by atoms with Crippen molar-refractivity contribution in [1.82, 2.24) is 0 Å². The molecule has 0 aliphatic carbocycles. The van der Waals surface area contributed by atoms with E-state index in [1.807, 2.05) is 13.8 Å². The standard InChI is InChI=1S/C12H16N2/c1-5-9(2)13-11(4)12-8-6-7-10(3)14-12/h5,7H,1,4,6,8H2,2-3H3/b13-9-. The highest BCUT2D eigenvalue weighted by molar-refractivity contribution is 6.04. The summed E-state index contributed by atoms with van der Waals surface area (Å²) < 4.78 is 0. The number of rotatable bonds is 3. The van der Waals surface area contributed by atoms with Crippen molar-refractivity contribution in [1.29, 1.82) is 0 Å². The summed E-state index contributed by atoms with van der Waals surface area (Å²) in [4.78, 5) is 8.71. The Morgan fingerprint density at radius 3 is 2.93 bits per heavy atom. The second-order valence-corrected chi connectivity index (χ2v) is 3.35. The zero-order chi connectivity index (χ0) is 10.6. The van der Waals surface area contributed by atoms with Gasteiger partial charge in [-0.25, -0.2) is 0 Å². The Labute approximate surface area is 85.5 Å². The molecule has 0 N–H and O–H groups in total. The van der Waals surface area contributed by atoms with Crippen LogP contribution in [0, 0.1) is 0 Å². The van der Waals surface area contributed by atoms with Gasteiger partial charge in [0, 0.05) is 11.4 Å². The van der Waals surface area contributed by atoms with E-state index >= 15 is 0 Å². The van der Waals surface area contributed by atoms with Gasteiger partial charge in [0.2, 0.25) is 0 Å². The molecule has 2 nitrogen and oxygen atoms in total. The third-order valence-corrected chi connectivity index (χ3v) is 2.07. The smallest absolute Gasteiger partial charge is 0.0776 e. The third-order valence-electron chi connectivity index (χ3n) is 2.07. The van der Waals surface area contributed by atoms with Crippen LogP contribution in [0.5, 0.6) is 0 Å². The molecule has 0 aromatic rings. The Kier molecular flexibility index (Phi) is 3.57. The zero-order valence-electron chi connectivity index (χ0n) is 8.88. The third kappa shape index (κ3) is 2.80. The minimum absolute atomic E-state index is 0.759. The average molecular weight is 188 g/mol. The minimum atomic E-state index is 0.759. The van der Waals surface area contributed by atoms with Crippen molar-refractivity contribution in [2.45, 2.75) is 26.7 Å². The summed E-state index contributed by atoms with van der Waals surface area (Å²) in [5.41, 5.74) is 3.69. The normalized spacial score (nSPS) is 17.1. The van der Waals surface area contributed by atoms with Gasteiger partial charge in [0.15, 0.2) is 0 Å². The molecule has 1 heterocycles. The van der Waals surface area contributed by atoms with Crippen molar-refractivity contribution in [3.05, 3.63) is 36.7 Å². The molecule has 0 spiro atoms. The maximum Gasteiger partial charge on any atom is 0.0776 e.